The molecule has 0 spiro atoms. The molecule has 74 valence electrons. The van der Waals surface area contributed by atoms with Gasteiger partial charge in [-0.1, -0.05) is 0 Å². The minimum atomic E-state index is -1.04. The predicted molar refractivity (Wildman–Crippen MR) is 49.8 cm³/mol. The first-order chi connectivity index (χ1) is 6.74. The Bertz CT molecular complexity index is 327. The van der Waals surface area contributed by atoms with E-state index >= 15 is 0 Å². The Kier molecular flexibility index (Phi) is 4.01. The van der Waals surface area contributed by atoms with Crippen LogP contribution in [0.5, 0.6) is 0 Å². The van der Waals surface area contributed by atoms with Crippen LogP contribution in [0.15, 0.2) is 24.5 Å². The number of rotatable bonds is 2. The highest BCUT2D eigenvalue weighted by Gasteiger charge is 2.15. The Labute approximate surface area is 82.7 Å². The molecule has 0 N–H and O–H groups in total. The number of hydrogen-bond donors (Lipinski definition) is 0. The minimum Gasteiger partial charge on any atom is -0.452 e. The van der Waals surface area contributed by atoms with Crippen LogP contribution in [0.2, 0.25) is 0 Å². The molecule has 0 fully saturated rings. The van der Waals surface area contributed by atoms with Crippen molar-refractivity contribution in [2.24, 2.45) is 0 Å². The van der Waals surface area contributed by atoms with Crippen LogP contribution in [0.25, 0.3) is 0 Å². The molecular weight excluding hydrogens is 205 g/mol. The second-order valence-electron chi connectivity index (χ2n) is 2.34. The molecule has 1 rings (SSSR count). The molecule has 1 aromatic rings. The summed E-state index contributed by atoms with van der Waals surface area (Å²) < 4.78 is 8.72. The molecule has 0 aliphatic rings. The fraction of sp³-hybridized carbons (Fsp3) is 0.125. The van der Waals surface area contributed by atoms with Crippen molar-refractivity contribution in [1.29, 1.82) is 0 Å². The lowest BCUT2D eigenvalue weighted by Gasteiger charge is -2.01. The van der Waals surface area contributed by atoms with Crippen molar-refractivity contribution in [3.63, 3.8) is 0 Å². The molecule has 0 radical (unpaired) electrons. The number of pyridine rings is 1. The maximum absolute atomic E-state index is 10.8. The van der Waals surface area contributed by atoms with Crippen molar-refractivity contribution < 1.29 is 18.8 Å². The van der Waals surface area contributed by atoms with E-state index in [0.29, 0.717) is 0 Å². The Morgan fingerprint density at radius 2 is 1.93 bits per heavy atom. The molecule has 0 bridgehead atoms. The fourth-order valence-electron chi connectivity index (χ4n) is 0.735. The summed E-state index contributed by atoms with van der Waals surface area (Å²) in [5, 5.41) is 0. The highest BCUT2D eigenvalue weighted by atomic mass is 31.0. The number of ether oxygens (including phenoxy) is 1. The Hall–Kier alpha value is -1.48. The van der Waals surface area contributed by atoms with E-state index in [-0.39, 0.29) is 6.61 Å². The van der Waals surface area contributed by atoms with Gasteiger partial charge in [0.25, 0.3) is 0 Å². The van der Waals surface area contributed by atoms with Crippen molar-refractivity contribution in [1.82, 2.24) is 4.98 Å². The van der Waals surface area contributed by atoms with Crippen LogP contribution in [0.3, 0.4) is 0 Å². The standard InChI is InChI=1S/C8H8NO4P/c10-7(8(11)13-14)12-5-6-1-3-9-4-2-6/h1-4H,5,14H2. The minimum absolute atomic E-state index is 0.0289. The Balaban J connectivity index is 2.42. The molecule has 1 heterocycles. The van der Waals surface area contributed by atoms with Gasteiger partial charge in [-0.25, -0.2) is 9.59 Å². The number of hydrogen-bond acceptors (Lipinski definition) is 5. The largest absolute Gasteiger partial charge is 0.452 e. The molecule has 0 saturated heterocycles. The predicted octanol–water partition coefficient (Wildman–Crippen LogP) is 0.458. The van der Waals surface area contributed by atoms with Gasteiger partial charge in [-0.05, 0) is 17.7 Å². The third-order valence-corrected chi connectivity index (χ3v) is 1.61. The fourth-order valence-corrected chi connectivity index (χ4v) is 0.831. The SMILES string of the molecule is O=C(OP)C(=O)OCc1ccncc1. The molecule has 1 atom stereocenters. The van der Waals surface area contributed by atoms with Crippen molar-refractivity contribution >= 4 is 21.4 Å². The van der Waals surface area contributed by atoms with Gasteiger partial charge in [0, 0.05) is 12.4 Å². The molecule has 6 heteroatoms. The maximum atomic E-state index is 10.8. The smallest absolute Gasteiger partial charge is 0.419 e. The van der Waals surface area contributed by atoms with E-state index in [1.54, 1.807) is 34.0 Å². The zero-order valence-electron chi connectivity index (χ0n) is 7.17. The van der Waals surface area contributed by atoms with Gasteiger partial charge >= 0.3 is 11.9 Å². The van der Waals surface area contributed by atoms with Crippen LogP contribution in [-0.4, -0.2) is 16.9 Å². The number of carbonyl (C=O) groups excluding carboxylic acids is 2. The summed E-state index contributed by atoms with van der Waals surface area (Å²) in [7, 11) is 1.68. The van der Waals surface area contributed by atoms with E-state index in [9.17, 15) is 9.59 Å². The summed E-state index contributed by atoms with van der Waals surface area (Å²) >= 11 is 0. The van der Waals surface area contributed by atoms with E-state index in [1.165, 1.54) is 0 Å². The second kappa shape index (κ2) is 5.29. The highest BCUT2D eigenvalue weighted by molar-refractivity contribution is 7.11. The summed E-state index contributed by atoms with van der Waals surface area (Å²) in [4.78, 5) is 25.2. The topological polar surface area (TPSA) is 65.5 Å². The highest BCUT2D eigenvalue weighted by Crippen LogP contribution is 2.00. The average molecular weight is 213 g/mol. The first-order valence-corrected chi connectivity index (χ1v) is 4.18. The zero-order chi connectivity index (χ0) is 10.4. The van der Waals surface area contributed by atoms with Gasteiger partial charge < -0.3 is 9.26 Å². The van der Waals surface area contributed by atoms with Gasteiger partial charge in [0.15, 0.2) is 0 Å². The first-order valence-electron chi connectivity index (χ1n) is 3.70. The van der Waals surface area contributed by atoms with Gasteiger partial charge in [0.2, 0.25) is 0 Å². The normalized spacial score (nSPS) is 9.21. The third kappa shape index (κ3) is 3.11. The van der Waals surface area contributed by atoms with Crippen LogP contribution in [-0.2, 0) is 25.5 Å². The van der Waals surface area contributed by atoms with E-state index in [4.69, 9.17) is 0 Å². The van der Waals surface area contributed by atoms with Gasteiger partial charge in [-0.2, -0.15) is 0 Å². The molecule has 0 aliphatic carbocycles. The summed E-state index contributed by atoms with van der Waals surface area (Å²) in [5.74, 6) is -2.05. The molecule has 1 aromatic heterocycles. The van der Waals surface area contributed by atoms with Gasteiger partial charge in [0.05, 0.1) is 9.47 Å². The second-order valence-corrected chi connectivity index (χ2v) is 2.57. The van der Waals surface area contributed by atoms with Crippen LogP contribution in [0, 0.1) is 0 Å². The van der Waals surface area contributed by atoms with Gasteiger partial charge in [-0.3, -0.25) is 4.98 Å². The van der Waals surface area contributed by atoms with Crippen molar-refractivity contribution in [3.05, 3.63) is 30.1 Å². The molecule has 0 amide bonds. The van der Waals surface area contributed by atoms with Crippen molar-refractivity contribution in [2.45, 2.75) is 6.61 Å². The number of aromatic nitrogens is 1. The van der Waals surface area contributed by atoms with E-state index in [0.717, 1.165) is 5.56 Å². The lowest BCUT2D eigenvalue weighted by atomic mass is 10.3. The zero-order valence-corrected chi connectivity index (χ0v) is 8.33. The molecule has 14 heavy (non-hydrogen) atoms. The van der Waals surface area contributed by atoms with Crippen molar-refractivity contribution in [2.75, 3.05) is 0 Å². The van der Waals surface area contributed by atoms with Crippen LogP contribution >= 0.6 is 9.47 Å². The molecule has 1 unspecified atom stereocenters. The van der Waals surface area contributed by atoms with E-state index in [2.05, 4.69) is 14.2 Å². The van der Waals surface area contributed by atoms with E-state index < -0.39 is 11.9 Å². The number of carbonyl (C=O) groups is 2. The van der Waals surface area contributed by atoms with Crippen LogP contribution < -0.4 is 0 Å². The molecule has 5 nitrogen and oxygen atoms in total. The van der Waals surface area contributed by atoms with Gasteiger partial charge in [0.1, 0.15) is 6.61 Å². The lowest BCUT2D eigenvalue weighted by molar-refractivity contribution is -0.162. The number of nitrogens with zero attached hydrogens (tertiary/aromatic N) is 1. The quantitative estimate of drug-likeness (QED) is 0.405. The first kappa shape index (κ1) is 10.6. The summed E-state index contributed by atoms with van der Waals surface area (Å²) in [6.07, 6.45) is 3.13. The molecule has 0 aliphatic heterocycles. The van der Waals surface area contributed by atoms with Crippen LogP contribution in [0.4, 0.5) is 0 Å². The Morgan fingerprint density at radius 1 is 1.29 bits per heavy atom. The summed E-state index contributed by atoms with van der Waals surface area (Å²) in [5.41, 5.74) is 0.755. The Morgan fingerprint density at radius 3 is 2.50 bits per heavy atom. The van der Waals surface area contributed by atoms with E-state index in [1.807, 2.05) is 0 Å². The lowest BCUT2D eigenvalue weighted by Crippen LogP contribution is -2.16. The average Bonchev–Trinajstić information content (AvgIpc) is 2.26. The summed E-state index contributed by atoms with van der Waals surface area (Å²) in [6.45, 7) is 0.0289. The van der Waals surface area contributed by atoms with Crippen LogP contribution in [0.1, 0.15) is 5.56 Å². The molecular formula is C8H8NO4P. The third-order valence-electron chi connectivity index (χ3n) is 1.39. The molecule has 0 saturated carbocycles. The number of esters is 1. The summed E-state index contributed by atoms with van der Waals surface area (Å²) in [6, 6.07) is 3.36. The van der Waals surface area contributed by atoms with Gasteiger partial charge in [-0.15, -0.1) is 0 Å². The maximum Gasteiger partial charge on any atom is 0.419 e. The van der Waals surface area contributed by atoms with Crippen molar-refractivity contribution in [3.8, 4) is 0 Å². The monoisotopic (exact) mass is 213 g/mol. The molecule has 0 aromatic carbocycles.